The second kappa shape index (κ2) is 13.4. The predicted molar refractivity (Wildman–Crippen MR) is 228 cm³/mol. The lowest BCUT2D eigenvalue weighted by molar-refractivity contribution is 0.669. The second-order valence-electron chi connectivity index (χ2n) is 13.7. The van der Waals surface area contributed by atoms with Gasteiger partial charge >= 0.3 is 0 Å². The molecule has 10 rings (SSSR count). The molecule has 1 aromatic heterocycles. The second-order valence-corrected chi connectivity index (χ2v) is 13.7. The van der Waals surface area contributed by atoms with Crippen LogP contribution in [0, 0.1) is 0 Å². The van der Waals surface area contributed by atoms with Gasteiger partial charge in [0.2, 0.25) is 0 Å². The summed E-state index contributed by atoms with van der Waals surface area (Å²) in [5, 5.41) is 4.65. The standard InChI is InChI=1S/C52H35NO/c1-4-12-36(13-5-1)39-20-22-42(23-21-39)49-35-51-52(47-19-11-10-18-46(47)49)48-33-32-45(34-50(48)54-51)53(43-28-24-40(25-29-43)37-14-6-2-7-15-37)44-30-26-41(27-31-44)38-16-8-3-9-17-38/h1-35H. The summed E-state index contributed by atoms with van der Waals surface area (Å²) in [5.74, 6) is 0. The van der Waals surface area contributed by atoms with Gasteiger partial charge in [0.15, 0.2) is 0 Å². The van der Waals surface area contributed by atoms with Crippen LogP contribution in [0.2, 0.25) is 0 Å². The lowest BCUT2D eigenvalue weighted by atomic mass is 9.94. The molecule has 0 fully saturated rings. The van der Waals surface area contributed by atoms with E-state index < -0.39 is 0 Å². The van der Waals surface area contributed by atoms with Gasteiger partial charge in [0.05, 0.1) is 0 Å². The molecular formula is C52H35NO. The third kappa shape index (κ3) is 5.71. The highest BCUT2D eigenvalue weighted by molar-refractivity contribution is 6.22. The molecule has 0 unspecified atom stereocenters. The molecule has 0 atom stereocenters. The lowest BCUT2D eigenvalue weighted by Crippen LogP contribution is -2.09. The zero-order valence-corrected chi connectivity index (χ0v) is 29.6. The van der Waals surface area contributed by atoms with Crippen molar-refractivity contribution in [3.8, 4) is 44.5 Å². The van der Waals surface area contributed by atoms with Crippen LogP contribution in [0.1, 0.15) is 0 Å². The van der Waals surface area contributed by atoms with Crippen molar-refractivity contribution in [1.29, 1.82) is 0 Å². The maximum absolute atomic E-state index is 6.81. The van der Waals surface area contributed by atoms with Crippen LogP contribution < -0.4 is 4.90 Å². The molecule has 9 aromatic carbocycles. The molecular weight excluding hydrogens is 655 g/mol. The Kier molecular flexibility index (Phi) is 7.85. The Morgan fingerprint density at radius 1 is 0.278 bits per heavy atom. The van der Waals surface area contributed by atoms with Crippen LogP contribution in [0.5, 0.6) is 0 Å². The van der Waals surface area contributed by atoms with Crippen molar-refractivity contribution in [2.45, 2.75) is 0 Å². The molecule has 10 aromatic rings. The Hall–Kier alpha value is -7.16. The average molecular weight is 690 g/mol. The molecule has 0 aliphatic rings. The van der Waals surface area contributed by atoms with Crippen LogP contribution in [0.15, 0.2) is 217 Å². The van der Waals surface area contributed by atoms with E-state index >= 15 is 0 Å². The third-order valence-electron chi connectivity index (χ3n) is 10.5. The number of hydrogen-bond acceptors (Lipinski definition) is 2. The third-order valence-corrected chi connectivity index (χ3v) is 10.5. The fourth-order valence-electron chi connectivity index (χ4n) is 7.79. The molecule has 0 spiro atoms. The first-order valence-corrected chi connectivity index (χ1v) is 18.4. The number of furan rings is 1. The van der Waals surface area contributed by atoms with E-state index in [1.54, 1.807) is 0 Å². The molecule has 0 bridgehead atoms. The molecule has 0 aliphatic heterocycles. The summed E-state index contributed by atoms with van der Waals surface area (Å²) >= 11 is 0. The molecule has 254 valence electrons. The number of anilines is 3. The first kappa shape index (κ1) is 31.6. The Balaban J connectivity index is 1.09. The summed E-state index contributed by atoms with van der Waals surface area (Å²) in [7, 11) is 0. The van der Waals surface area contributed by atoms with Gasteiger partial charge in [0.25, 0.3) is 0 Å². The minimum Gasteiger partial charge on any atom is -0.456 e. The molecule has 2 heteroatoms. The van der Waals surface area contributed by atoms with Gasteiger partial charge in [-0.3, -0.25) is 0 Å². The van der Waals surface area contributed by atoms with E-state index in [1.165, 1.54) is 44.2 Å². The van der Waals surface area contributed by atoms with Crippen LogP contribution in [-0.4, -0.2) is 0 Å². The van der Waals surface area contributed by atoms with E-state index in [4.69, 9.17) is 4.42 Å². The van der Waals surface area contributed by atoms with E-state index in [1.807, 2.05) is 0 Å². The van der Waals surface area contributed by atoms with Crippen LogP contribution in [0.3, 0.4) is 0 Å². The van der Waals surface area contributed by atoms with Crippen molar-refractivity contribution in [3.05, 3.63) is 212 Å². The fourth-order valence-corrected chi connectivity index (χ4v) is 7.79. The Morgan fingerprint density at radius 2 is 0.685 bits per heavy atom. The molecule has 0 saturated heterocycles. The fraction of sp³-hybridized carbons (Fsp3) is 0. The minimum atomic E-state index is 0.857. The summed E-state index contributed by atoms with van der Waals surface area (Å²) < 4.78 is 6.81. The summed E-state index contributed by atoms with van der Waals surface area (Å²) in [6, 6.07) is 75.6. The van der Waals surface area contributed by atoms with Crippen molar-refractivity contribution in [2.75, 3.05) is 4.90 Å². The van der Waals surface area contributed by atoms with Crippen molar-refractivity contribution < 1.29 is 4.42 Å². The smallest absolute Gasteiger partial charge is 0.137 e. The topological polar surface area (TPSA) is 16.4 Å². The summed E-state index contributed by atoms with van der Waals surface area (Å²) in [6.45, 7) is 0. The van der Waals surface area contributed by atoms with Crippen LogP contribution in [0.25, 0.3) is 77.2 Å². The normalized spacial score (nSPS) is 11.3. The Morgan fingerprint density at radius 3 is 1.20 bits per heavy atom. The molecule has 0 aliphatic carbocycles. The summed E-state index contributed by atoms with van der Waals surface area (Å²) in [4.78, 5) is 2.31. The molecule has 2 nitrogen and oxygen atoms in total. The highest BCUT2D eigenvalue weighted by atomic mass is 16.3. The number of rotatable bonds is 7. The first-order chi connectivity index (χ1) is 26.8. The quantitative estimate of drug-likeness (QED) is 0.166. The van der Waals surface area contributed by atoms with E-state index in [9.17, 15) is 0 Å². The van der Waals surface area contributed by atoms with Gasteiger partial charge in [-0.05, 0) is 97.7 Å². The van der Waals surface area contributed by atoms with E-state index in [0.717, 1.165) is 50.1 Å². The van der Waals surface area contributed by atoms with Gasteiger partial charge < -0.3 is 9.32 Å². The minimum absolute atomic E-state index is 0.857. The summed E-state index contributed by atoms with van der Waals surface area (Å²) in [6.07, 6.45) is 0. The van der Waals surface area contributed by atoms with Gasteiger partial charge in [-0.15, -0.1) is 0 Å². The van der Waals surface area contributed by atoms with Crippen molar-refractivity contribution >= 4 is 49.8 Å². The molecule has 0 saturated carbocycles. The Labute approximate surface area is 314 Å². The molecule has 0 amide bonds. The zero-order valence-electron chi connectivity index (χ0n) is 29.6. The molecule has 1 heterocycles. The molecule has 0 radical (unpaired) electrons. The summed E-state index contributed by atoms with van der Waals surface area (Å²) in [5.41, 5.74) is 14.4. The highest BCUT2D eigenvalue weighted by Crippen LogP contribution is 2.43. The molecule has 0 N–H and O–H groups in total. The van der Waals surface area contributed by atoms with E-state index in [0.29, 0.717) is 0 Å². The Bertz CT molecular complexity index is 2790. The average Bonchev–Trinajstić information content (AvgIpc) is 3.63. The first-order valence-electron chi connectivity index (χ1n) is 18.4. The van der Waals surface area contributed by atoms with E-state index in [2.05, 4.69) is 217 Å². The maximum Gasteiger partial charge on any atom is 0.137 e. The predicted octanol–water partition coefficient (Wildman–Crippen LogP) is 14.9. The zero-order chi connectivity index (χ0) is 35.8. The van der Waals surface area contributed by atoms with Gasteiger partial charge in [0, 0.05) is 33.9 Å². The van der Waals surface area contributed by atoms with Crippen LogP contribution in [-0.2, 0) is 0 Å². The number of benzene rings is 9. The largest absolute Gasteiger partial charge is 0.456 e. The number of nitrogens with zero attached hydrogens (tertiary/aromatic N) is 1. The maximum atomic E-state index is 6.81. The highest BCUT2D eigenvalue weighted by Gasteiger charge is 2.19. The van der Waals surface area contributed by atoms with Crippen molar-refractivity contribution in [2.24, 2.45) is 0 Å². The molecule has 54 heavy (non-hydrogen) atoms. The van der Waals surface area contributed by atoms with Crippen LogP contribution in [0.4, 0.5) is 17.1 Å². The number of fused-ring (bicyclic) bond motifs is 5. The van der Waals surface area contributed by atoms with Gasteiger partial charge in [-0.25, -0.2) is 0 Å². The SMILES string of the molecule is c1ccc(-c2ccc(-c3cc4oc5cc(N(c6ccc(-c7ccccc7)cc6)c6ccc(-c7ccccc7)cc6)ccc5c4c4ccccc34)cc2)cc1. The lowest BCUT2D eigenvalue weighted by Gasteiger charge is -2.26. The van der Waals surface area contributed by atoms with Gasteiger partial charge in [-0.1, -0.05) is 164 Å². The van der Waals surface area contributed by atoms with Gasteiger partial charge in [-0.2, -0.15) is 0 Å². The van der Waals surface area contributed by atoms with Crippen LogP contribution >= 0.6 is 0 Å². The van der Waals surface area contributed by atoms with E-state index in [-0.39, 0.29) is 0 Å². The number of hydrogen-bond donors (Lipinski definition) is 0. The van der Waals surface area contributed by atoms with Crippen molar-refractivity contribution in [1.82, 2.24) is 0 Å². The van der Waals surface area contributed by atoms with Gasteiger partial charge in [0.1, 0.15) is 11.2 Å². The monoisotopic (exact) mass is 689 g/mol. The van der Waals surface area contributed by atoms with Crippen molar-refractivity contribution in [3.63, 3.8) is 0 Å².